The lowest BCUT2D eigenvalue weighted by Gasteiger charge is -2.14. The first kappa shape index (κ1) is 14.7. The molecule has 0 saturated heterocycles. The van der Waals surface area contributed by atoms with Crippen molar-refractivity contribution in [2.45, 2.75) is 32.0 Å². The molecule has 4 nitrogen and oxygen atoms in total. The fourth-order valence-corrected chi connectivity index (χ4v) is 2.72. The Morgan fingerprint density at radius 3 is 2.86 bits per heavy atom. The molecule has 0 spiro atoms. The number of rotatable bonds is 6. The van der Waals surface area contributed by atoms with E-state index >= 15 is 0 Å². The minimum absolute atomic E-state index is 0.388. The maximum absolute atomic E-state index is 6.27. The van der Waals surface area contributed by atoms with E-state index in [1.807, 2.05) is 25.4 Å². The zero-order valence-corrected chi connectivity index (χ0v) is 13.3. The number of nitrogens with one attached hydrogen (secondary N) is 1. The smallest absolute Gasteiger partial charge is 0.143 e. The highest BCUT2D eigenvalue weighted by molar-refractivity contribution is 6.35. The Balaban J connectivity index is 1.74. The molecule has 0 aliphatic heterocycles. The normalized spacial score (nSPS) is 14.4. The number of hydrogen-bond acceptors (Lipinski definition) is 3. The second-order valence-corrected chi connectivity index (χ2v) is 6.14. The summed E-state index contributed by atoms with van der Waals surface area (Å²) in [6.45, 7) is 1.10. The van der Waals surface area contributed by atoms with E-state index in [1.165, 1.54) is 12.8 Å². The van der Waals surface area contributed by atoms with Crippen molar-refractivity contribution in [2.75, 3.05) is 0 Å². The average Bonchev–Trinajstić information content (AvgIpc) is 3.17. The summed E-state index contributed by atoms with van der Waals surface area (Å²) < 4.78 is 7.62. The molecule has 1 heterocycles. The van der Waals surface area contributed by atoms with E-state index in [2.05, 4.69) is 10.4 Å². The third kappa shape index (κ3) is 3.90. The van der Waals surface area contributed by atoms with Crippen molar-refractivity contribution < 1.29 is 4.74 Å². The van der Waals surface area contributed by atoms with E-state index in [1.54, 1.807) is 10.7 Å². The second kappa shape index (κ2) is 6.26. The van der Waals surface area contributed by atoms with Crippen LogP contribution in [0.5, 0.6) is 5.75 Å². The van der Waals surface area contributed by atoms with Crippen molar-refractivity contribution in [3.63, 3.8) is 0 Å². The van der Waals surface area contributed by atoms with Crippen LogP contribution in [0, 0.1) is 0 Å². The molecule has 0 amide bonds. The summed E-state index contributed by atoms with van der Waals surface area (Å²) in [7, 11) is 1.88. The van der Waals surface area contributed by atoms with E-state index in [0.717, 1.165) is 11.3 Å². The van der Waals surface area contributed by atoms with Crippen LogP contribution in [0.25, 0.3) is 0 Å². The minimum atomic E-state index is 0.388. The average molecular weight is 326 g/mol. The van der Waals surface area contributed by atoms with E-state index in [9.17, 15) is 0 Å². The first-order valence-corrected chi connectivity index (χ1v) is 7.70. The number of benzene rings is 1. The zero-order valence-electron chi connectivity index (χ0n) is 11.8. The summed E-state index contributed by atoms with van der Waals surface area (Å²) in [5, 5.41) is 8.90. The van der Waals surface area contributed by atoms with Gasteiger partial charge in [0.25, 0.3) is 0 Å². The molecule has 0 unspecified atom stereocenters. The topological polar surface area (TPSA) is 39.1 Å². The van der Waals surface area contributed by atoms with Crippen LogP contribution in [0.1, 0.15) is 24.1 Å². The fourth-order valence-electron chi connectivity index (χ4n) is 2.13. The first-order valence-electron chi connectivity index (χ1n) is 6.94. The fraction of sp³-hybridized carbons (Fsp3) is 0.400. The van der Waals surface area contributed by atoms with Gasteiger partial charge < -0.3 is 10.1 Å². The third-order valence-electron chi connectivity index (χ3n) is 3.38. The molecule has 0 radical (unpaired) electrons. The highest BCUT2D eigenvalue weighted by atomic mass is 35.5. The molecule has 1 saturated carbocycles. The van der Waals surface area contributed by atoms with E-state index < -0.39 is 0 Å². The van der Waals surface area contributed by atoms with Crippen LogP contribution in [0.2, 0.25) is 10.0 Å². The lowest BCUT2D eigenvalue weighted by Crippen LogP contribution is -2.16. The molecule has 1 aromatic carbocycles. The van der Waals surface area contributed by atoms with Crippen LogP contribution in [0.4, 0.5) is 0 Å². The van der Waals surface area contributed by atoms with E-state index in [0.29, 0.717) is 35.0 Å². The van der Waals surface area contributed by atoms with Gasteiger partial charge in [0.05, 0.1) is 10.7 Å². The van der Waals surface area contributed by atoms with Gasteiger partial charge in [0, 0.05) is 36.4 Å². The SMILES string of the molecule is Cn1ccc(COc2c(Cl)cc(Cl)cc2CNC2CC2)n1. The molecule has 0 atom stereocenters. The van der Waals surface area contributed by atoms with Gasteiger partial charge >= 0.3 is 0 Å². The Labute approximate surface area is 134 Å². The lowest BCUT2D eigenvalue weighted by molar-refractivity contribution is 0.296. The Hall–Kier alpha value is -1.23. The standard InChI is InChI=1S/C15H17Cl2N3O/c1-20-5-4-13(19-20)9-21-15-10(8-18-12-2-3-12)6-11(16)7-14(15)17/h4-7,12,18H,2-3,8-9H2,1H3. The highest BCUT2D eigenvalue weighted by Crippen LogP contribution is 2.33. The highest BCUT2D eigenvalue weighted by Gasteiger charge is 2.21. The van der Waals surface area contributed by atoms with Crippen LogP contribution in [0.3, 0.4) is 0 Å². The lowest BCUT2D eigenvalue weighted by atomic mass is 10.2. The van der Waals surface area contributed by atoms with Gasteiger partial charge in [-0.3, -0.25) is 4.68 Å². The second-order valence-electron chi connectivity index (χ2n) is 5.30. The van der Waals surface area contributed by atoms with Crippen molar-refractivity contribution in [2.24, 2.45) is 7.05 Å². The Morgan fingerprint density at radius 1 is 1.38 bits per heavy atom. The van der Waals surface area contributed by atoms with Gasteiger partial charge in [-0.15, -0.1) is 0 Å². The van der Waals surface area contributed by atoms with Gasteiger partial charge in [-0.05, 0) is 31.0 Å². The van der Waals surface area contributed by atoms with Crippen LogP contribution in [-0.4, -0.2) is 15.8 Å². The van der Waals surface area contributed by atoms with Gasteiger partial charge in [-0.2, -0.15) is 5.10 Å². The molecule has 21 heavy (non-hydrogen) atoms. The Kier molecular flexibility index (Phi) is 4.38. The molecule has 6 heteroatoms. The molecule has 1 aromatic heterocycles. The maximum atomic E-state index is 6.27. The summed E-state index contributed by atoms with van der Waals surface area (Å²) in [6, 6.07) is 6.14. The summed E-state index contributed by atoms with van der Waals surface area (Å²) >= 11 is 12.4. The number of nitrogens with zero attached hydrogens (tertiary/aromatic N) is 2. The molecule has 1 aliphatic rings. The Bertz CT molecular complexity index is 638. The molecule has 112 valence electrons. The first-order chi connectivity index (χ1) is 10.1. The summed E-state index contributed by atoms with van der Waals surface area (Å²) in [5.74, 6) is 0.680. The number of aromatic nitrogens is 2. The number of hydrogen-bond donors (Lipinski definition) is 1. The van der Waals surface area contributed by atoms with Crippen molar-refractivity contribution in [1.29, 1.82) is 0 Å². The summed E-state index contributed by atoms with van der Waals surface area (Å²) in [4.78, 5) is 0. The Morgan fingerprint density at radius 2 is 2.19 bits per heavy atom. The molecule has 1 aliphatic carbocycles. The molecule has 3 rings (SSSR count). The van der Waals surface area contributed by atoms with Crippen molar-refractivity contribution in [3.8, 4) is 5.75 Å². The molecular formula is C15H17Cl2N3O. The van der Waals surface area contributed by atoms with Crippen molar-refractivity contribution in [1.82, 2.24) is 15.1 Å². The molecule has 2 aromatic rings. The van der Waals surface area contributed by atoms with Crippen LogP contribution >= 0.6 is 23.2 Å². The molecular weight excluding hydrogens is 309 g/mol. The minimum Gasteiger partial charge on any atom is -0.485 e. The van der Waals surface area contributed by atoms with E-state index in [4.69, 9.17) is 27.9 Å². The van der Waals surface area contributed by atoms with Crippen LogP contribution in [0.15, 0.2) is 24.4 Å². The maximum Gasteiger partial charge on any atom is 0.143 e. The van der Waals surface area contributed by atoms with Crippen LogP contribution < -0.4 is 10.1 Å². The van der Waals surface area contributed by atoms with Gasteiger partial charge in [0.15, 0.2) is 0 Å². The van der Waals surface area contributed by atoms with Crippen molar-refractivity contribution in [3.05, 3.63) is 45.7 Å². The molecule has 1 N–H and O–H groups in total. The number of ether oxygens (including phenoxy) is 1. The van der Waals surface area contributed by atoms with Gasteiger partial charge in [-0.25, -0.2) is 0 Å². The zero-order chi connectivity index (χ0) is 14.8. The summed E-state index contributed by atoms with van der Waals surface area (Å²) in [6.07, 6.45) is 4.36. The van der Waals surface area contributed by atoms with Crippen molar-refractivity contribution >= 4 is 23.2 Å². The van der Waals surface area contributed by atoms with Gasteiger partial charge in [-0.1, -0.05) is 23.2 Å². The van der Waals surface area contributed by atoms with E-state index in [-0.39, 0.29) is 0 Å². The van der Waals surface area contributed by atoms with Gasteiger partial charge in [0.2, 0.25) is 0 Å². The predicted molar refractivity (Wildman–Crippen MR) is 83.9 cm³/mol. The molecule has 0 bridgehead atoms. The largest absolute Gasteiger partial charge is 0.485 e. The third-order valence-corrected chi connectivity index (χ3v) is 3.88. The number of aryl methyl sites for hydroxylation is 1. The summed E-state index contributed by atoms with van der Waals surface area (Å²) in [5.41, 5.74) is 1.85. The monoisotopic (exact) mass is 325 g/mol. The quantitative estimate of drug-likeness (QED) is 0.882. The van der Waals surface area contributed by atoms with Gasteiger partial charge in [0.1, 0.15) is 12.4 Å². The van der Waals surface area contributed by atoms with Crippen LogP contribution in [-0.2, 0) is 20.2 Å². The molecule has 1 fully saturated rings. The number of halogens is 2. The predicted octanol–water partition coefficient (Wildman–Crippen LogP) is 3.56.